The summed E-state index contributed by atoms with van der Waals surface area (Å²) in [6.45, 7) is 7.38. The summed E-state index contributed by atoms with van der Waals surface area (Å²) in [6, 6.07) is 33.1. The van der Waals surface area contributed by atoms with E-state index in [1.807, 2.05) is 0 Å². The fourth-order valence-corrected chi connectivity index (χ4v) is 8.85. The van der Waals surface area contributed by atoms with Crippen LogP contribution in [-0.4, -0.2) is 12.3 Å². The molecule has 3 heteroatoms. The van der Waals surface area contributed by atoms with Gasteiger partial charge in [-0.05, 0) is 116 Å². The highest BCUT2D eigenvalue weighted by Crippen LogP contribution is 2.48. The number of hydrogen-bond acceptors (Lipinski definition) is 2. The molecule has 0 N–H and O–H groups in total. The zero-order valence-corrected chi connectivity index (χ0v) is 25.6. The van der Waals surface area contributed by atoms with E-state index in [0.717, 1.165) is 0 Å². The third-order valence-corrected chi connectivity index (χ3v) is 10.6. The highest BCUT2D eigenvalue weighted by Gasteiger charge is 2.45. The first-order valence-corrected chi connectivity index (χ1v) is 16.6. The van der Waals surface area contributed by atoms with E-state index in [-0.39, 0.29) is 12.3 Å². The quantitative estimate of drug-likeness (QED) is 0.207. The van der Waals surface area contributed by atoms with Gasteiger partial charge in [-0.1, -0.05) is 86.7 Å². The molecule has 0 spiro atoms. The van der Waals surface area contributed by atoms with E-state index < -0.39 is 0 Å². The molecule has 2 heterocycles. The lowest BCUT2D eigenvalue weighted by atomic mass is 9.33. The fourth-order valence-electron chi connectivity index (χ4n) is 8.85. The molecular formula is C39H43BN2. The van der Waals surface area contributed by atoms with E-state index in [1.165, 1.54) is 108 Å². The Bertz CT molecular complexity index is 1640. The van der Waals surface area contributed by atoms with Crippen molar-refractivity contribution in [1.82, 2.24) is 0 Å². The van der Waals surface area contributed by atoms with Crippen LogP contribution in [0.1, 0.15) is 102 Å². The van der Waals surface area contributed by atoms with Crippen LogP contribution in [0.5, 0.6) is 0 Å². The summed E-state index contributed by atoms with van der Waals surface area (Å²) in [5.74, 6) is 1.29. The van der Waals surface area contributed by atoms with Crippen LogP contribution in [0.2, 0.25) is 0 Å². The van der Waals surface area contributed by atoms with Gasteiger partial charge in [0.05, 0.1) is 0 Å². The Morgan fingerprint density at radius 2 is 1.12 bits per heavy atom. The third-order valence-electron chi connectivity index (χ3n) is 10.6. The van der Waals surface area contributed by atoms with Gasteiger partial charge in [0.25, 0.3) is 6.71 Å². The molecule has 2 aliphatic heterocycles. The van der Waals surface area contributed by atoms with Crippen molar-refractivity contribution in [2.45, 2.75) is 95.9 Å². The Morgan fingerprint density at radius 3 is 1.83 bits per heavy atom. The highest BCUT2D eigenvalue weighted by molar-refractivity contribution is 7.00. The molecule has 2 fully saturated rings. The van der Waals surface area contributed by atoms with Crippen LogP contribution in [-0.2, 0) is 0 Å². The SMILES string of the molecule is CC(C)(C)N1c2ccccc2B2c3ccccc3N(c3ccccc3C3CCCC3)c3cc(C4CCCCC4)cc1c32. The Morgan fingerprint density at radius 1 is 0.571 bits per heavy atom. The molecule has 2 aliphatic carbocycles. The monoisotopic (exact) mass is 550 g/mol. The van der Waals surface area contributed by atoms with Crippen molar-refractivity contribution in [3.05, 3.63) is 96.1 Å². The molecule has 0 atom stereocenters. The molecule has 4 aromatic rings. The minimum atomic E-state index is -0.0520. The fraction of sp³-hybridized carbons (Fsp3) is 0.385. The highest BCUT2D eigenvalue weighted by atomic mass is 15.2. The van der Waals surface area contributed by atoms with Gasteiger partial charge in [0.15, 0.2) is 0 Å². The van der Waals surface area contributed by atoms with Crippen molar-refractivity contribution in [3.8, 4) is 0 Å². The number of para-hydroxylation sites is 3. The van der Waals surface area contributed by atoms with Gasteiger partial charge in [0.1, 0.15) is 0 Å². The van der Waals surface area contributed by atoms with Gasteiger partial charge >= 0.3 is 0 Å². The first kappa shape index (κ1) is 26.2. The average Bonchev–Trinajstić information content (AvgIpc) is 3.56. The van der Waals surface area contributed by atoms with E-state index >= 15 is 0 Å². The van der Waals surface area contributed by atoms with Gasteiger partial charge in [-0.15, -0.1) is 0 Å². The summed E-state index contributed by atoms with van der Waals surface area (Å²) in [4.78, 5) is 5.35. The summed E-state index contributed by atoms with van der Waals surface area (Å²) >= 11 is 0. The smallest absolute Gasteiger partial charge is 0.252 e. The number of hydrogen-bond donors (Lipinski definition) is 0. The maximum Gasteiger partial charge on any atom is 0.252 e. The predicted molar refractivity (Wildman–Crippen MR) is 181 cm³/mol. The Labute approximate surface area is 252 Å². The summed E-state index contributed by atoms with van der Waals surface area (Å²) in [5.41, 5.74) is 14.3. The second-order valence-electron chi connectivity index (χ2n) is 14.2. The molecule has 212 valence electrons. The summed E-state index contributed by atoms with van der Waals surface area (Å²) in [5, 5.41) is 0. The second-order valence-corrected chi connectivity index (χ2v) is 14.2. The molecule has 8 rings (SSSR count). The molecule has 0 unspecified atom stereocenters. The van der Waals surface area contributed by atoms with E-state index in [2.05, 4.69) is 116 Å². The van der Waals surface area contributed by atoms with Crippen LogP contribution < -0.4 is 26.2 Å². The average molecular weight is 551 g/mol. The van der Waals surface area contributed by atoms with Crippen molar-refractivity contribution < 1.29 is 0 Å². The zero-order valence-electron chi connectivity index (χ0n) is 25.6. The van der Waals surface area contributed by atoms with Crippen LogP contribution in [0.3, 0.4) is 0 Å². The summed E-state index contributed by atoms with van der Waals surface area (Å²) < 4.78 is 0. The maximum absolute atomic E-state index is 2.68. The number of benzene rings is 4. The number of rotatable bonds is 3. The number of fused-ring (bicyclic) bond motifs is 4. The number of anilines is 5. The van der Waals surface area contributed by atoms with Crippen molar-refractivity contribution in [2.75, 3.05) is 9.80 Å². The van der Waals surface area contributed by atoms with E-state index in [0.29, 0.717) is 11.8 Å². The molecule has 0 aromatic heterocycles. The molecule has 4 aromatic carbocycles. The molecule has 2 saturated carbocycles. The van der Waals surface area contributed by atoms with Crippen molar-refractivity contribution in [1.29, 1.82) is 0 Å². The van der Waals surface area contributed by atoms with Gasteiger partial charge in [0, 0.05) is 34.0 Å². The largest absolute Gasteiger partial charge is 0.337 e. The van der Waals surface area contributed by atoms with Gasteiger partial charge in [-0.25, -0.2) is 0 Å². The standard InChI is InChI=1S/C39H43BN2/c1-39(2,3)42-35-24-14-11-21-32(35)40-31-20-10-13-23-34(31)41(33-22-12-9-19-30(33)28-17-7-8-18-28)36-25-29(26-37(42)38(36)40)27-15-5-4-6-16-27/h9-14,19-28H,4-8,15-18H2,1-3H3. The van der Waals surface area contributed by atoms with Gasteiger partial charge < -0.3 is 9.80 Å². The Balaban J connectivity index is 1.45. The summed E-state index contributed by atoms with van der Waals surface area (Å²) in [7, 11) is 0. The number of nitrogens with zero attached hydrogens (tertiary/aromatic N) is 2. The van der Waals surface area contributed by atoms with Crippen LogP contribution >= 0.6 is 0 Å². The minimum absolute atomic E-state index is 0.0520. The molecule has 0 bridgehead atoms. The van der Waals surface area contributed by atoms with Gasteiger partial charge in [-0.3, -0.25) is 0 Å². The lowest BCUT2D eigenvalue weighted by Gasteiger charge is -2.49. The van der Waals surface area contributed by atoms with Crippen LogP contribution in [0.25, 0.3) is 0 Å². The van der Waals surface area contributed by atoms with Gasteiger partial charge in [-0.2, -0.15) is 0 Å². The van der Waals surface area contributed by atoms with Crippen molar-refractivity contribution in [2.24, 2.45) is 0 Å². The molecule has 0 amide bonds. The van der Waals surface area contributed by atoms with Crippen molar-refractivity contribution in [3.63, 3.8) is 0 Å². The molecule has 0 saturated heterocycles. The Kier molecular flexibility index (Phi) is 6.28. The topological polar surface area (TPSA) is 6.48 Å². The first-order chi connectivity index (χ1) is 20.5. The van der Waals surface area contributed by atoms with E-state index in [4.69, 9.17) is 0 Å². The lowest BCUT2D eigenvalue weighted by molar-refractivity contribution is 0.443. The van der Waals surface area contributed by atoms with E-state index in [9.17, 15) is 0 Å². The molecule has 2 nitrogen and oxygen atoms in total. The molecule has 4 aliphatic rings. The molecule has 42 heavy (non-hydrogen) atoms. The third kappa shape index (κ3) is 4.07. The Hall–Kier alpha value is -3.46. The van der Waals surface area contributed by atoms with Crippen molar-refractivity contribution >= 4 is 51.5 Å². The molecular weight excluding hydrogens is 507 g/mol. The predicted octanol–water partition coefficient (Wildman–Crippen LogP) is 8.94. The second kappa shape index (κ2) is 10.1. The maximum atomic E-state index is 2.68. The zero-order chi connectivity index (χ0) is 28.4. The normalized spacial score (nSPS) is 18.6. The summed E-state index contributed by atoms with van der Waals surface area (Å²) in [6.07, 6.45) is 12.0. The van der Waals surface area contributed by atoms with Crippen LogP contribution in [0, 0.1) is 0 Å². The van der Waals surface area contributed by atoms with E-state index in [1.54, 1.807) is 5.56 Å². The lowest BCUT2D eigenvalue weighted by Crippen LogP contribution is -2.63. The van der Waals surface area contributed by atoms with Gasteiger partial charge in [0.2, 0.25) is 0 Å². The first-order valence-electron chi connectivity index (χ1n) is 16.6. The van der Waals surface area contributed by atoms with Crippen LogP contribution in [0.15, 0.2) is 84.9 Å². The minimum Gasteiger partial charge on any atom is -0.337 e. The van der Waals surface area contributed by atoms with Crippen LogP contribution in [0.4, 0.5) is 28.4 Å². The molecule has 0 radical (unpaired) electrons.